The molecule has 0 aliphatic carbocycles. The quantitative estimate of drug-likeness (QED) is 0.313. The number of nitrogens with zero attached hydrogens (tertiary/aromatic N) is 1. The number of benzene rings is 2. The van der Waals surface area contributed by atoms with E-state index in [0.717, 1.165) is 12.1 Å². The van der Waals surface area contributed by atoms with E-state index >= 15 is 0 Å². The highest BCUT2D eigenvalue weighted by Gasteiger charge is 2.31. The van der Waals surface area contributed by atoms with E-state index in [4.69, 9.17) is 0 Å². The van der Waals surface area contributed by atoms with Gasteiger partial charge < -0.3 is 15.3 Å². The number of rotatable bonds is 9. The van der Waals surface area contributed by atoms with Gasteiger partial charge in [0, 0.05) is 11.9 Å². The highest BCUT2D eigenvalue weighted by atomic mass is 32.2. The van der Waals surface area contributed by atoms with Gasteiger partial charge in [0.15, 0.2) is 0 Å². The number of alkyl halides is 3. The van der Waals surface area contributed by atoms with E-state index in [2.05, 4.69) is 15.0 Å². The van der Waals surface area contributed by atoms with E-state index in [-0.39, 0.29) is 22.6 Å². The fraction of sp³-hybridized carbons (Fsp3) is 0.286. The topological polar surface area (TPSA) is 132 Å². The number of hydrogen-bond donors (Lipinski definition) is 5. The summed E-state index contributed by atoms with van der Waals surface area (Å²) in [6.07, 6.45) is -4.58. The number of sulfonamides is 1. The lowest BCUT2D eigenvalue weighted by Crippen LogP contribution is -2.54. The van der Waals surface area contributed by atoms with Crippen LogP contribution in [0.4, 0.5) is 18.9 Å². The van der Waals surface area contributed by atoms with Crippen LogP contribution in [-0.2, 0) is 22.7 Å². The average Bonchev–Trinajstić information content (AvgIpc) is 2.80. The molecule has 8 nitrogen and oxygen atoms in total. The molecule has 0 saturated carbocycles. The first-order valence-corrected chi connectivity index (χ1v) is 11.2. The number of aromatic nitrogens is 1. The summed E-state index contributed by atoms with van der Waals surface area (Å²) in [6.45, 7) is -1.51. The van der Waals surface area contributed by atoms with Crippen LogP contribution in [0.5, 0.6) is 0 Å². The Kier molecular flexibility index (Phi) is 7.24. The molecule has 3 rings (SSSR count). The highest BCUT2D eigenvalue weighted by molar-refractivity contribution is 7.92. The van der Waals surface area contributed by atoms with Crippen LogP contribution in [0.25, 0.3) is 10.9 Å². The number of halogens is 3. The van der Waals surface area contributed by atoms with Crippen molar-refractivity contribution in [1.82, 2.24) is 10.3 Å². The van der Waals surface area contributed by atoms with E-state index in [9.17, 15) is 36.9 Å². The predicted octanol–water partition coefficient (Wildman–Crippen LogP) is 1.86. The molecule has 5 N–H and O–H groups in total. The molecule has 0 spiro atoms. The van der Waals surface area contributed by atoms with Gasteiger partial charge in [-0.2, -0.15) is 13.2 Å². The van der Waals surface area contributed by atoms with Crippen molar-refractivity contribution in [3.63, 3.8) is 0 Å². The van der Waals surface area contributed by atoms with Crippen molar-refractivity contribution in [3.8, 4) is 0 Å². The van der Waals surface area contributed by atoms with E-state index < -0.39 is 47.1 Å². The molecule has 1 aromatic heterocycles. The lowest BCUT2D eigenvalue weighted by Gasteiger charge is -2.28. The van der Waals surface area contributed by atoms with Gasteiger partial charge in [0.2, 0.25) is 0 Å². The van der Waals surface area contributed by atoms with Crippen LogP contribution in [0.3, 0.4) is 0 Å². The molecule has 33 heavy (non-hydrogen) atoms. The number of anilines is 1. The second-order valence-corrected chi connectivity index (χ2v) is 9.10. The molecule has 0 unspecified atom stereocenters. The molecular formula is C21H22F3N3O5S. The molecule has 1 heterocycles. The highest BCUT2D eigenvalue weighted by Crippen LogP contribution is 2.30. The summed E-state index contributed by atoms with van der Waals surface area (Å²) in [5, 5.41) is 31.7. The van der Waals surface area contributed by atoms with Crippen molar-refractivity contribution < 1.29 is 36.9 Å². The summed E-state index contributed by atoms with van der Waals surface area (Å²) in [6, 6.07) is 11.2. The molecule has 0 bridgehead atoms. The van der Waals surface area contributed by atoms with Crippen molar-refractivity contribution in [1.29, 1.82) is 0 Å². The van der Waals surface area contributed by atoms with Crippen molar-refractivity contribution >= 4 is 26.6 Å². The van der Waals surface area contributed by atoms with Crippen LogP contribution >= 0.6 is 0 Å². The molecule has 3 aromatic rings. The maximum atomic E-state index is 12.8. The SMILES string of the molecule is O=S(=O)(Nc1cccc2ccc(CNC(CO)(CO)CO)nc12)c1ccc(C(F)(F)F)cc1. The Labute approximate surface area is 187 Å². The van der Waals surface area contributed by atoms with Gasteiger partial charge in [-0.3, -0.25) is 10.0 Å². The van der Waals surface area contributed by atoms with Crippen LogP contribution in [-0.4, -0.2) is 54.1 Å². The molecule has 0 fully saturated rings. The molecule has 0 aliphatic heterocycles. The fourth-order valence-electron chi connectivity index (χ4n) is 2.99. The normalized spacial score (nSPS) is 12.8. The minimum Gasteiger partial charge on any atom is -0.394 e. The third kappa shape index (κ3) is 5.60. The molecule has 12 heteroatoms. The lowest BCUT2D eigenvalue weighted by molar-refractivity contribution is -0.137. The monoisotopic (exact) mass is 485 g/mol. The van der Waals surface area contributed by atoms with Gasteiger partial charge >= 0.3 is 6.18 Å². The predicted molar refractivity (Wildman–Crippen MR) is 115 cm³/mol. The summed E-state index contributed by atoms with van der Waals surface area (Å²) in [5.74, 6) is 0. The zero-order chi connectivity index (χ0) is 24.3. The number of aliphatic hydroxyl groups excluding tert-OH is 3. The number of pyridine rings is 1. The molecule has 0 aliphatic rings. The van der Waals surface area contributed by atoms with Crippen LogP contribution in [0, 0.1) is 0 Å². The Morgan fingerprint density at radius 2 is 1.52 bits per heavy atom. The first-order chi connectivity index (χ1) is 15.5. The Bertz CT molecular complexity index is 1210. The third-order valence-corrected chi connectivity index (χ3v) is 6.45. The minimum absolute atomic E-state index is 0.0532. The Balaban J connectivity index is 1.89. The number of para-hydroxylation sites is 1. The minimum atomic E-state index is -4.58. The fourth-order valence-corrected chi connectivity index (χ4v) is 4.06. The van der Waals surface area contributed by atoms with Gasteiger partial charge in [0.1, 0.15) is 0 Å². The van der Waals surface area contributed by atoms with E-state index in [1.807, 2.05) is 0 Å². The van der Waals surface area contributed by atoms with Gasteiger partial charge in [0.25, 0.3) is 10.0 Å². The van der Waals surface area contributed by atoms with Gasteiger partial charge in [-0.25, -0.2) is 13.4 Å². The second-order valence-electron chi connectivity index (χ2n) is 7.42. The van der Waals surface area contributed by atoms with E-state index in [1.54, 1.807) is 24.3 Å². The zero-order valence-electron chi connectivity index (χ0n) is 17.2. The van der Waals surface area contributed by atoms with Crippen LogP contribution in [0.15, 0.2) is 59.5 Å². The smallest absolute Gasteiger partial charge is 0.394 e. The van der Waals surface area contributed by atoms with E-state index in [1.165, 1.54) is 6.07 Å². The Morgan fingerprint density at radius 1 is 0.879 bits per heavy atom. The standard InChI is InChI=1S/C21H22F3N3O5S/c22-21(23,24)15-5-8-17(9-6-15)33(31,32)27-18-3-1-2-14-4-7-16(26-19(14)18)10-25-20(11-28,12-29)13-30/h1-9,25,27-30H,10-13H2. The van der Waals surface area contributed by atoms with Crippen LogP contribution in [0.2, 0.25) is 0 Å². The first kappa shape index (κ1) is 24.9. The molecule has 0 radical (unpaired) electrons. The second kappa shape index (κ2) is 9.61. The van der Waals surface area contributed by atoms with Gasteiger partial charge in [-0.1, -0.05) is 18.2 Å². The summed E-state index contributed by atoms with van der Waals surface area (Å²) in [7, 11) is -4.20. The number of aliphatic hydroxyl groups is 3. The Morgan fingerprint density at radius 3 is 2.09 bits per heavy atom. The molecule has 0 saturated heterocycles. The molecule has 0 atom stereocenters. The maximum absolute atomic E-state index is 12.8. The molecule has 178 valence electrons. The summed E-state index contributed by atoms with van der Waals surface area (Å²) >= 11 is 0. The lowest BCUT2D eigenvalue weighted by atomic mass is 10.0. The van der Waals surface area contributed by atoms with Crippen LogP contribution in [0.1, 0.15) is 11.3 Å². The van der Waals surface area contributed by atoms with Crippen molar-refractivity contribution in [2.45, 2.75) is 23.2 Å². The third-order valence-electron chi connectivity index (χ3n) is 5.07. The largest absolute Gasteiger partial charge is 0.416 e. The van der Waals surface area contributed by atoms with Crippen molar-refractivity contribution in [3.05, 3.63) is 65.9 Å². The molecule has 0 amide bonds. The number of hydrogen-bond acceptors (Lipinski definition) is 7. The zero-order valence-corrected chi connectivity index (χ0v) is 18.0. The van der Waals surface area contributed by atoms with Gasteiger partial charge in [-0.15, -0.1) is 0 Å². The van der Waals surface area contributed by atoms with Gasteiger partial charge in [-0.05, 0) is 36.4 Å². The van der Waals surface area contributed by atoms with Gasteiger partial charge in [0.05, 0.1) is 52.7 Å². The number of fused-ring (bicyclic) bond motifs is 1. The number of nitrogens with one attached hydrogen (secondary N) is 2. The van der Waals surface area contributed by atoms with Crippen molar-refractivity contribution in [2.24, 2.45) is 0 Å². The summed E-state index contributed by atoms with van der Waals surface area (Å²) in [4.78, 5) is 4.08. The summed E-state index contributed by atoms with van der Waals surface area (Å²) < 4.78 is 66.1. The van der Waals surface area contributed by atoms with Crippen molar-refractivity contribution in [2.75, 3.05) is 24.5 Å². The van der Waals surface area contributed by atoms with Crippen LogP contribution < -0.4 is 10.0 Å². The van der Waals surface area contributed by atoms with E-state index in [0.29, 0.717) is 23.2 Å². The first-order valence-electron chi connectivity index (χ1n) is 9.70. The molecule has 2 aromatic carbocycles. The summed E-state index contributed by atoms with van der Waals surface area (Å²) in [5.41, 5.74) is -1.44. The average molecular weight is 485 g/mol. The Hall–Kier alpha value is -2.77. The molecular weight excluding hydrogens is 463 g/mol. The maximum Gasteiger partial charge on any atom is 0.416 e.